The van der Waals surface area contributed by atoms with Gasteiger partial charge in [0.2, 0.25) is 0 Å². The number of benzene rings is 2. The molecule has 0 saturated carbocycles. The third kappa shape index (κ3) is 2.92. The van der Waals surface area contributed by atoms with Crippen molar-refractivity contribution in [2.45, 2.75) is 19.4 Å². The number of imidazole rings is 1. The van der Waals surface area contributed by atoms with Gasteiger partial charge in [-0.25, -0.2) is 4.98 Å². The molecule has 3 heteroatoms. The van der Waals surface area contributed by atoms with Gasteiger partial charge in [-0.1, -0.05) is 42.5 Å². The van der Waals surface area contributed by atoms with Gasteiger partial charge in [0.15, 0.2) is 0 Å². The van der Waals surface area contributed by atoms with Gasteiger partial charge in [-0.05, 0) is 29.7 Å². The zero-order chi connectivity index (χ0) is 15.6. The van der Waals surface area contributed by atoms with Gasteiger partial charge in [-0.15, -0.1) is 0 Å². The van der Waals surface area contributed by atoms with E-state index in [-0.39, 0.29) is 0 Å². The summed E-state index contributed by atoms with van der Waals surface area (Å²) in [6.45, 7) is 5.52. The van der Waals surface area contributed by atoms with Crippen LogP contribution in [0.15, 0.2) is 67.3 Å². The van der Waals surface area contributed by atoms with Crippen molar-refractivity contribution >= 4 is 0 Å². The molecule has 1 fully saturated rings. The predicted molar refractivity (Wildman–Crippen MR) is 92.8 cm³/mol. The van der Waals surface area contributed by atoms with Gasteiger partial charge < -0.3 is 4.57 Å². The minimum absolute atomic E-state index is 0.697. The SMILES string of the molecule is Cc1cc(CN2CC(c3ccccc3)C2)ccc1-n1ccnc1. The van der Waals surface area contributed by atoms with E-state index in [9.17, 15) is 0 Å². The fourth-order valence-electron chi connectivity index (χ4n) is 3.40. The van der Waals surface area contributed by atoms with Crippen LogP contribution < -0.4 is 0 Å². The summed E-state index contributed by atoms with van der Waals surface area (Å²) in [5, 5.41) is 0. The summed E-state index contributed by atoms with van der Waals surface area (Å²) in [7, 11) is 0. The van der Waals surface area contributed by atoms with E-state index in [1.54, 1.807) is 0 Å². The molecule has 1 aromatic heterocycles. The van der Waals surface area contributed by atoms with Crippen LogP contribution in [0.1, 0.15) is 22.6 Å². The van der Waals surface area contributed by atoms with E-state index in [4.69, 9.17) is 0 Å². The van der Waals surface area contributed by atoms with E-state index < -0.39 is 0 Å². The predicted octanol–water partition coefficient (Wildman–Crippen LogP) is 3.78. The Morgan fingerprint density at radius 2 is 1.91 bits per heavy atom. The lowest BCUT2D eigenvalue weighted by Crippen LogP contribution is -2.44. The van der Waals surface area contributed by atoms with Crippen molar-refractivity contribution < 1.29 is 0 Å². The quantitative estimate of drug-likeness (QED) is 0.731. The highest BCUT2D eigenvalue weighted by Crippen LogP contribution is 2.28. The third-order valence-electron chi connectivity index (χ3n) is 4.68. The summed E-state index contributed by atoms with van der Waals surface area (Å²) in [6, 6.07) is 17.6. The summed E-state index contributed by atoms with van der Waals surface area (Å²) in [4.78, 5) is 6.64. The zero-order valence-electron chi connectivity index (χ0n) is 13.4. The lowest BCUT2D eigenvalue weighted by molar-refractivity contribution is 0.139. The van der Waals surface area contributed by atoms with Crippen LogP contribution in [-0.4, -0.2) is 27.5 Å². The number of aryl methyl sites for hydroxylation is 1. The second kappa shape index (κ2) is 6.01. The average Bonchev–Trinajstić information content (AvgIpc) is 3.05. The number of likely N-dealkylation sites (tertiary alicyclic amines) is 1. The number of rotatable bonds is 4. The van der Waals surface area contributed by atoms with Crippen molar-refractivity contribution in [3.8, 4) is 5.69 Å². The molecule has 0 amide bonds. The highest BCUT2D eigenvalue weighted by Gasteiger charge is 2.27. The Morgan fingerprint density at radius 3 is 2.61 bits per heavy atom. The first-order chi connectivity index (χ1) is 11.3. The van der Waals surface area contributed by atoms with E-state index in [1.165, 1.54) is 22.4 Å². The normalized spacial score (nSPS) is 15.5. The molecular formula is C20H21N3. The van der Waals surface area contributed by atoms with E-state index in [1.807, 2.05) is 18.7 Å². The van der Waals surface area contributed by atoms with Crippen LogP contribution in [0.5, 0.6) is 0 Å². The molecule has 1 aliphatic rings. The Labute approximate surface area is 137 Å². The number of hydrogen-bond donors (Lipinski definition) is 0. The molecular weight excluding hydrogens is 282 g/mol. The standard InChI is InChI=1S/C20H21N3/c1-16-11-17(7-8-20(16)23-10-9-21-15-23)12-22-13-19(14-22)18-5-3-2-4-6-18/h2-11,15,19H,12-14H2,1H3. The fourth-order valence-corrected chi connectivity index (χ4v) is 3.40. The van der Waals surface area contributed by atoms with Gasteiger partial charge in [0.25, 0.3) is 0 Å². The van der Waals surface area contributed by atoms with Gasteiger partial charge in [0, 0.05) is 43.6 Å². The second-order valence-electron chi connectivity index (χ2n) is 6.39. The molecule has 0 unspecified atom stereocenters. The molecule has 23 heavy (non-hydrogen) atoms. The third-order valence-corrected chi connectivity index (χ3v) is 4.68. The van der Waals surface area contributed by atoms with Crippen LogP contribution in [0.3, 0.4) is 0 Å². The lowest BCUT2D eigenvalue weighted by Gasteiger charge is -2.39. The molecule has 2 heterocycles. The Morgan fingerprint density at radius 1 is 1.09 bits per heavy atom. The van der Waals surface area contributed by atoms with Crippen LogP contribution in [0, 0.1) is 6.92 Å². The van der Waals surface area contributed by atoms with Crippen molar-refractivity contribution in [1.82, 2.24) is 14.5 Å². The maximum atomic E-state index is 4.12. The summed E-state index contributed by atoms with van der Waals surface area (Å²) in [6.07, 6.45) is 5.65. The smallest absolute Gasteiger partial charge is 0.0991 e. The first kappa shape index (κ1) is 14.2. The van der Waals surface area contributed by atoms with Crippen molar-refractivity contribution in [2.75, 3.05) is 13.1 Å². The van der Waals surface area contributed by atoms with Crippen molar-refractivity contribution in [3.63, 3.8) is 0 Å². The van der Waals surface area contributed by atoms with E-state index in [0.717, 1.165) is 19.6 Å². The van der Waals surface area contributed by atoms with E-state index >= 15 is 0 Å². The minimum Gasteiger partial charge on any atom is -0.306 e. The molecule has 0 N–H and O–H groups in total. The van der Waals surface area contributed by atoms with Crippen LogP contribution in [0.2, 0.25) is 0 Å². The van der Waals surface area contributed by atoms with Crippen molar-refractivity contribution in [1.29, 1.82) is 0 Å². The number of hydrogen-bond acceptors (Lipinski definition) is 2. The molecule has 0 aliphatic carbocycles. The maximum absolute atomic E-state index is 4.12. The van der Waals surface area contributed by atoms with Gasteiger partial charge in [-0.2, -0.15) is 0 Å². The first-order valence-electron chi connectivity index (χ1n) is 8.15. The fraction of sp³-hybridized carbons (Fsp3) is 0.250. The van der Waals surface area contributed by atoms with Crippen LogP contribution in [0.25, 0.3) is 5.69 Å². The highest BCUT2D eigenvalue weighted by atomic mass is 15.2. The molecule has 116 valence electrons. The molecule has 1 aliphatic heterocycles. The van der Waals surface area contributed by atoms with Crippen molar-refractivity contribution in [2.24, 2.45) is 0 Å². The summed E-state index contributed by atoms with van der Waals surface area (Å²) >= 11 is 0. The highest BCUT2D eigenvalue weighted by molar-refractivity contribution is 5.42. The Bertz CT molecular complexity index is 772. The monoisotopic (exact) mass is 303 g/mol. The van der Waals surface area contributed by atoms with E-state index in [0.29, 0.717) is 5.92 Å². The Kier molecular flexibility index (Phi) is 3.72. The second-order valence-corrected chi connectivity index (χ2v) is 6.39. The van der Waals surface area contributed by atoms with Crippen LogP contribution in [0.4, 0.5) is 0 Å². The molecule has 1 saturated heterocycles. The van der Waals surface area contributed by atoms with Crippen LogP contribution in [-0.2, 0) is 6.54 Å². The number of aromatic nitrogens is 2. The van der Waals surface area contributed by atoms with E-state index in [2.05, 4.69) is 69.9 Å². The molecule has 0 radical (unpaired) electrons. The Hall–Kier alpha value is -2.39. The molecule has 4 rings (SSSR count). The summed E-state index contributed by atoms with van der Waals surface area (Å²) < 4.78 is 2.06. The summed E-state index contributed by atoms with van der Waals surface area (Å²) in [5.41, 5.74) is 5.35. The van der Waals surface area contributed by atoms with Gasteiger partial charge in [0.05, 0.1) is 6.33 Å². The van der Waals surface area contributed by atoms with Gasteiger partial charge in [0.1, 0.15) is 0 Å². The molecule has 2 aromatic carbocycles. The van der Waals surface area contributed by atoms with Crippen LogP contribution >= 0.6 is 0 Å². The maximum Gasteiger partial charge on any atom is 0.0991 e. The largest absolute Gasteiger partial charge is 0.306 e. The van der Waals surface area contributed by atoms with Gasteiger partial charge >= 0.3 is 0 Å². The number of nitrogens with zero attached hydrogens (tertiary/aromatic N) is 3. The molecule has 3 nitrogen and oxygen atoms in total. The average molecular weight is 303 g/mol. The molecule has 0 atom stereocenters. The van der Waals surface area contributed by atoms with Gasteiger partial charge in [-0.3, -0.25) is 4.90 Å². The molecule has 0 bridgehead atoms. The Balaban J connectivity index is 1.40. The summed E-state index contributed by atoms with van der Waals surface area (Å²) in [5.74, 6) is 0.697. The topological polar surface area (TPSA) is 21.1 Å². The van der Waals surface area contributed by atoms with Crippen molar-refractivity contribution in [3.05, 3.63) is 83.9 Å². The first-order valence-corrected chi connectivity index (χ1v) is 8.15. The minimum atomic E-state index is 0.697. The molecule has 0 spiro atoms. The zero-order valence-corrected chi connectivity index (χ0v) is 13.4. The molecule has 3 aromatic rings. The lowest BCUT2D eigenvalue weighted by atomic mass is 9.91.